The van der Waals surface area contributed by atoms with E-state index in [1.165, 1.54) is 31.2 Å². The van der Waals surface area contributed by atoms with Gasteiger partial charge in [-0.25, -0.2) is 0 Å². The second-order valence-corrected chi connectivity index (χ2v) is 5.80. The maximum atomic E-state index is 5.62. The average molecular weight is 273 g/mol. The van der Waals surface area contributed by atoms with Gasteiger partial charge in [0.05, 0.1) is 13.2 Å². The Morgan fingerprint density at radius 3 is 2.65 bits per heavy atom. The lowest BCUT2D eigenvalue weighted by Gasteiger charge is -2.26. The lowest BCUT2D eigenvalue weighted by molar-refractivity contribution is 0.157. The summed E-state index contributed by atoms with van der Waals surface area (Å²) in [6.07, 6.45) is 9.59. The zero-order valence-corrected chi connectivity index (χ0v) is 12.6. The molecule has 110 valence electrons. The zero-order chi connectivity index (χ0) is 14.0. The minimum absolute atomic E-state index is 0.693. The highest BCUT2D eigenvalue weighted by Crippen LogP contribution is 2.23. The third-order valence-electron chi connectivity index (χ3n) is 4.02. The Balaban J connectivity index is 1.49. The molecule has 2 nitrogen and oxygen atoms in total. The first-order valence-corrected chi connectivity index (χ1v) is 7.87. The molecule has 1 N–H and O–H groups in total. The van der Waals surface area contributed by atoms with Crippen LogP contribution < -0.4 is 5.32 Å². The van der Waals surface area contributed by atoms with Crippen molar-refractivity contribution < 1.29 is 4.74 Å². The Morgan fingerprint density at radius 1 is 1.15 bits per heavy atom. The fourth-order valence-electron chi connectivity index (χ4n) is 2.70. The van der Waals surface area contributed by atoms with E-state index in [9.17, 15) is 0 Å². The van der Waals surface area contributed by atoms with Gasteiger partial charge >= 0.3 is 0 Å². The van der Waals surface area contributed by atoms with Gasteiger partial charge in [0, 0.05) is 12.6 Å². The van der Waals surface area contributed by atoms with Crippen molar-refractivity contribution in [2.24, 2.45) is 5.92 Å². The van der Waals surface area contributed by atoms with E-state index in [0.29, 0.717) is 6.61 Å². The number of ether oxygens (including phenoxy) is 1. The van der Waals surface area contributed by atoms with E-state index in [4.69, 9.17) is 4.74 Å². The van der Waals surface area contributed by atoms with Gasteiger partial charge in [0.1, 0.15) is 0 Å². The molecule has 1 aromatic rings. The minimum atomic E-state index is 0.693. The quantitative estimate of drug-likeness (QED) is 0.761. The predicted octanol–water partition coefficient (Wildman–Crippen LogP) is 3.88. The highest BCUT2D eigenvalue weighted by Gasteiger charge is 2.16. The lowest BCUT2D eigenvalue weighted by atomic mass is 9.87. The molecule has 0 amide bonds. The van der Waals surface area contributed by atoms with Crippen molar-refractivity contribution in [3.63, 3.8) is 0 Å². The van der Waals surface area contributed by atoms with Crippen molar-refractivity contribution in [1.82, 2.24) is 5.32 Å². The number of benzene rings is 1. The fourth-order valence-corrected chi connectivity index (χ4v) is 2.70. The highest BCUT2D eigenvalue weighted by molar-refractivity contribution is 5.48. The zero-order valence-electron chi connectivity index (χ0n) is 12.6. The molecular formula is C18H27NO. The minimum Gasteiger partial charge on any atom is -0.376 e. The average Bonchev–Trinajstić information content (AvgIpc) is 2.49. The van der Waals surface area contributed by atoms with E-state index in [0.717, 1.165) is 25.1 Å². The number of hydrogen-bond donors (Lipinski definition) is 1. The predicted molar refractivity (Wildman–Crippen MR) is 85.7 cm³/mol. The van der Waals surface area contributed by atoms with E-state index >= 15 is 0 Å². The summed E-state index contributed by atoms with van der Waals surface area (Å²) in [4.78, 5) is 0. The van der Waals surface area contributed by atoms with E-state index < -0.39 is 0 Å². The summed E-state index contributed by atoms with van der Waals surface area (Å²) in [5.41, 5.74) is 1.23. The van der Waals surface area contributed by atoms with E-state index in [2.05, 4.69) is 48.7 Å². The van der Waals surface area contributed by atoms with Gasteiger partial charge in [-0.2, -0.15) is 0 Å². The van der Waals surface area contributed by atoms with Crippen LogP contribution in [-0.2, 0) is 4.74 Å². The van der Waals surface area contributed by atoms with Crippen LogP contribution in [0.3, 0.4) is 0 Å². The summed E-state index contributed by atoms with van der Waals surface area (Å²) < 4.78 is 5.62. The second kappa shape index (κ2) is 8.93. The van der Waals surface area contributed by atoms with Gasteiger partial charge in [-0.15, -0.1) is 0 Å². The maximum absolute atomic E-state index is 5.62. The number of rotatable bonds is 7. The van der Waals surface area contributed by atoms with Gasteiger partial charge in [-0.05, 0) is 37.2 Å². The standard InChI is InChI=1S/C18H27NO/c1-16-9-11-18(12-10-16)19-13-15-20-14-5-8-17-6-3-2-4-7-17/h2-8,16,18-19H,9-15H2,1H3. The van der Waals surface area contributed by atoms with Crippen LogP contribution in [0.4, 0.5) is 0 Å². The molecule has 1 aliphatic rings. The molecular weight excluding hydrogens is 246 g/mol. The van der Waals surface area contributed by atoms with E-state index in [1.807, 2.05) is 6.07 Å². The molecule has 2 heteroatoms. The van der Waals surface area contributed by atoms with Gasteiger partial charge in [-0.3, -0.25) is 0 Å². The monoisotopic (exact) mass is 273 g/mol. The molecule has 0 radical (unpaired) electrons. The Kier molecular flexibility index (Phi) is 6.82. The van der Waals surface area contributed by atoms with E-state index in [1.54, 1.807) is 0 Å². The molecule has 0 saturated heterocycles. The van der Waals surface area contributed by atoms with Crippen LogP contribution in [0.2, 0.25) is 0 Å². The molecule has 0 bridgehead atoms. The summed E-state index contributed by atoms with van der Waals surface area (Å²) in [5.74, 6) is 0.924. The van der Waals surface area contributed by atoms with Crippen LogP contribution in [0, 0.1) is 5.92 Å². The fraction of sp³-hybridized carbons (Fsp3) is 0.556. The Hall–Kier alpha value is -1.12. The first-order chi connectivity index (χ1) is 9.84. The van der Waals surface area contributed by atoms with Crippen LogP contribution in [0.25, 0.3) is 6.08 Å². The van der Waals surface area contributed by atoms with Gasteiger partial charge < -0.3 is 10.1 Å². The first-order valence-electron chi connectivity index (χ1n) is 7.87. The largest absolute Gasteiger partial charge is 0.376 e. The summed E-state index contributed by atoms with van der Waals surface area (Å²) >= 11 is 0. The number of nitrogens with one attached hydrogen (secondary N) is 1. The Bertz CT molecular complexity index is 380. The molecule has 0 aromatic heterocycles. The molecule has 0 unspecified atom stereocenters. The first kappa shape index (κ1) is 15.3. The molecule has 0 atom stereocenters. The van der Waals surface area contributed by atoms with Gasteiger partial charge in [0.25, 0.3) is 0 Å². The van der Waals surface area contributed by atoms with Crippen LogP contribution in [-0.4, -0.2) is 25.8 Å². The van der Waals surface area contributed by atoms with Crippen molar-refractivity contribution in [3.8, 4) is 0 Å². The van der Waals surface area contributed by atoms with Crippen molar-refractivity contribution >= 4 is 6.08 Å². The summed E-state index contributed by atoms with van der Waals surface area (Å²) in [6, 6.07) is 11.1. The van der Waals surface area contributed by atoms with Crippen molar-refractivity contribution in [2.45, 2.75) is 38.6 Å². The summed E-state index contributed by atoms with van der Waals surface area (Å²) in [7, 11) is 0. The van der Waals surface area contributed by atoms with Crippen LogP contribution in [0.5, 0.6) is 0 Å². The van der Waals surface area contributed by atoms with Crippen molar-refractivity contribution in [2.75, 3.05) is 19.8 Å². The molecule has 0 heterocycles. The highest BCUT2D eigenvalue weighted by atomic mass is 16.5. The molecule has 1 aliphatic carbocycles. The SMILES string of the molecule is CC1CCC(NCCOCC=Cc2ccccc2)CC1. The Morgan fingerprint density at radius 2 is 1.90 bits per heavy atom. The van der Waals surface area contributed by atoms with Crippen LogP contribution in [0.15, 0.2) is 36.4 Å². The molecule has 0 spiro atoms. The smallest absolute Gasteiger partial charge is 0.0651 e. The number of hydrogen-bond acceptors (Lipinski definition) is 2. The Labute approximate surface area is 123 Å². The molecule has 1 aromatic carbocycles. The van der Waals surface area contributed by atoms with Crippen molar-refractivity contribution in [3.05, 3.63) is 42.0 Å². The molecule has 1 fully saturated rings. The molecule has 0 aliphatic heterocycles. The van der Waals surface area contributed by atoms with Gasteiger partial charge in [0.2, 0.25) is 0 Å². The van der Waals surface area contributed by atoms with Gasteiger partial charge in [-0.1, -0.05) is 49.4 Å². The maximum Gasteiger partial charge on any atom is 0.0651 e. The molecule has 2 rings (SSSR count). The van der Waals surface area contributed by atoms with Gasteiger partial charge in [0.15, 0.2) is 0 Å². The molecule has 20 heavy (non-hydrogen) atoms. The topological polar surface area (TPSA) is 21.3 Å². The summed E-state index contributed by atoms with van der Waals surface area (Å²) in [5, 5.41) is 3.60. The normalized spacial score (nSPS) is 23.2. The second-order valence-electron chi connectivity index (χ2n) is 5.80. The van der Waals surface area contributed by atoms with Crippen molar-refractivity contribution in [1.29, 1.82) is 0 Å². The lowest BCUT2D eigenvalue weighted by Crippen LogP contribution is -2.34. The third-order valence-corrected chi connectivity index (χ3v) is 4.02. The van der Waals surface area contributed by atoms with Crippen LogP contribution >= 0.6 is 0 Å². The van der Waals surface area contributed by atoms with E-state index in [-0.39, 0.29) is 0 Å². The van der Waals surface area contributed by atoms with Crippen LogP contribution in [0.1, 0.15) is 38.2 Å². The molecule has 1 saturated carbocycles. The third kappa shape index (κ3) is 5.89. The summed E-state index contributed by atoms with van der Waals surface area (Å²) in [6.45, 7) is 4.82.